The second-order valence-corrected chi connectivity index (χ2v) is 14.8. The summed E-state index contributed by atoms with van der Waals surface area (Å²) in [5, 5.41) is 0.434. The van der Waals surface area contributed by atoms with Crippen molar-refractivity contribution in [2.75, 3.05) is 0 Å². The predicted octanol–water partition coefficient (Wildman–Crippen LogP) is 11.6. The van der Waals surface area contributed by atoms with E-state index in [1.807, 2.05) is 12.3 Å². The first kappa shape index (κ1) is 35.5. The summed E-state index contributed by atoms with van der Waals surface area (Å²) in [4.78, 5) is 4.61. The molecule has 0 saturated carbocycles. The number of aryl methyl sites for hydroxylation is 1. The number of pyridine rings is 1. The van der Waals surface area contributed by atoms with Gasteiger partial charge in [0.25, 0.3) is 0 Å². The van der Waals surface area contributed by atoms with Gasteiger partial charge in [-0.3, -0.25) is 4.98 Å². The van der Waals surface area contributed by atoms with Crippen LogP contribution in [-0.2, 0) is 12.8 Å². The van der Waals surface area contributed by atoms with Gasteiger partial charge in [0.2, 0.25) is 5.05 Å². The molecule has 0 amide bonds. The van der Waals surface area contributed by atoms with E-state index in [9.17, 15) is 0 Å². The van der Waals surface area contributed by atoms with Gasteiger partial charge < -0.3 is 9.47 Å². The van der Waals surface area contributed by atoms with Crippen LogP contribution in [0, 0.1) is 38.5 Å². The second-order valence-electron chi connectivity index (χ2n) is 14.5. The molecule has 3 rings (SSSR count). The molecular formula is C39H61NO2S. The van der Waals surface area contributed by atoms with Crippen molar-refractivity contribution in [1.29, 1.82) is 0 Å². The van der Waals surface area contributed by atoms with Gasteiger partial charge in [0.15, 0.2) is 0 Å². The van der Waals surface area contributed by atoms with E-state index < -0.39 is 0 Å². The molecule has 1 aliphatic rings. The quantitative estimate of drug-likeness (QED) is 0.167. The zero-order valence-corrected chi connectivity index (χ0v) is 29.9. The Morgan fingerprint density at radius 1 is 0.907 bits per heavy atom. The van der Waals surface area contributed by atoms with Gasteiger partial charge in [-0.05, 0) is 125 Å². The molecule has 1 aromatic heterocycles. The molecule has 4 heteroatoms. The lowest BCUT2D eigenvalue weighted by Gasteiger charge is -2.38. The van der Waals surface area contributed by atoms with E-state index >= 15 is 0 Å². The van der Waals surface area contributed by atoms with E-state index in [4.69, 9.17) is 21.7 Å². The molecule has 240 valence electrons. The molecule has 0 aliphatic carbocycles. The molecule has 43 heavy (non-hydrogen) atoms. The maximum atomic E-state index is 6.85. The van der Waals surface area contributed by atoms with Crippen LogP contribution in [0.2, 0.25) is 0 Å². The number of rotatable bonds is 17. The average Bonchev–Trinajstić information content (AvgIpc) is 2.97. The summed E-state index contributed by atoms with van der Waals surface area (Å²) in [5.41, 5.74) is 6.56. The van der Waals surface area contributed by atoms with Crippen molar-refractivity contribution in [2.45, 2.75) is 158 Å². The number of fused-ring (bicyclic) bond motifs is 1. The lowest BCUT2D eigenvalue weighted by atomic mass is 9.83. The Hall–Kier alpha value is -1.94. The van der Waals surface area contributed by atoms with Crippen molar-refractivity contribution in [2.24, 2.45) is 17.8 Å². The fourth-order valence-electron chi connectivity index (χ4n) is 6.63. The number of aromatic nitrogens is 1. The molecule has 0 radical (unpaired) electrons. The van der Waals surface area contributed by atoms with Crippen LogP contribution in [0.5, 0.6) is 11.5 Å². The molecule has 0 N–H and O–H groups in total. The molecule has 0 saturated heterocycles. The SMILES string of the molecule is CCCCc1ccc(C(=S)Oc2c(C)c(C)c3c(c2C)CC[C@@](C)(CCC[C@H](C)CCC[C@H](C)CCCC(C)C)O3)nc1. The third-order valence-electron chi connectivity index (χ3n) is 9.89. The Morgan fingerprint density at radius 2 is 1.56 bits per heavy atom. The first-order valence-corrected chi connectivity index (χ1v) is 17.8. The lowest BCUT2D eigenvalue weighted by Crippen LogP contribution is -2.37. The largest absolute Gasteiger partial charge is 0.487 e. The van der Waals surface area contributed by atoms with Crippen molar-refractivity contribution < 1.29 is 9.47 Å². The minimum atomic E-state index is -0.109. The number of hydrogen-bond donors (Lipinski definition) is 0. The lowest BCUT2D eigenvalue weighted by molar-refractivity contribution is 0.0512. The zero-order chi connectivity index (χ0) is 31.6. The van der Waals surface area contributed by atoms with Crippen LogP contribution < -0.4 is 9.47 Å². The summed E-state index contributed by atoms with van der Waals surface area (Å²) >= 11 is 5.70. The maximum Gasteiger partial charge on any atom is 0.216 e. The highest BCUT2D eigenvalue weighted by atomic mass is 32.1. The number of nitrogens with zero attached hydrogens (tertiary/aromatic N) is 1. The van der Waals surface area contributed by atoms with E-state index in [1.165, 1.54) is 80.9 Å². The molecule has 3 atom stereocenters. The van der Waals surface area contributed by atoms with Crippen LogP contribution in [-0.4, -0.2) is 15.6 Å². The van der Waals surface area contributed by atoms with Crippen LogP contribution in [0.25, 0.3) is 0 Å². The first-order chi connectivity index (χ1) is 20.4. The van der Waals surface area contributed by atoms with Crippen LogP contribution in [0.4, 0.5) is 0 Å². The van der Waals surface area contributed by atoms with E-state index in [2.05, 4.69) is 73.4 Å². The first-order valence-electron chi connectivity index (χ1n) is 17.4. The molecule has 0 bridgehead atoms. The number of ether oxygens (including phenoxy) is 2. The third kappa shape index (κ3) is 10.6. The smallest absolute Gasteiger partial charge is 0.216 e. The maximum absolute atomic E-state index is 6.85. The molecule has 2 aromatic rings. The number of hydrogen-bond acceptors (Lipinski definition) is 4. The Morgan fingerprint density at radius 3 is 2.16 bits per heavy atom. The summed E-state index contributed by atoms with van der Waals surface area (Å²) in [6.45, 7) is 20.5. The monoisotopic (exact) mass is 607 g/mol. The minimum Gasteiger partial charge on any atom is -0.487 e. The van der Waals surface area contributed by atoms with E-state index in [-0.39, 0.29) is 5.60 Å². The minimum absolute atomic E-state index is 0.109. The molecular weight excluding hydrogens is 547 g/mol. The molecule has 3 nitrogen and oxygen atoms in total. The Kier molecular flexibility index (Phi) is 14.0. The fraction of sp³-hybridized carbons (Fsp3) is 0.692. The van der Waals surface area contributed by atoms with Crippen LogP contribution in [0.15, 0.2) is 18.3 Å². The van der Waals surface area contributed by atoms with Crippen LogP contribution in [0.1, 0.15) is 152 Å². The van der Waals surface area contributed by atoms with Crippen molar-refractivity contribution >= 4 is 17.3 Å². The normalized spacial score (nSPS) is 17.8. The summed E-state index contributed by atoms with van der Waals surface area (Å²) in [5.74, 6) is 4.44. The number of unbranched alkanes of at least 4 members (excludes halogenated alkanes) is 1. The van der Waals surface area contributed by atoms with Crippen molar-refractivity contribution in [1.82, 2.24) is 4.98 Å². The third-order valence-corrected chi connectivity index (χ3v) is 10.2. The molecule has 2 heterocycles. The van der Waals surface area contributed by atoms with E-state index in [0.29, 0.717) is 5.05 Å². The topological polar surface area (TPSA) is 31.4 Å². The fourth-order valence-corrected chi connectivity index (χ4v) is 6.84. The molecule has 1 aromatic carbocycles. The van der Waals surface area contributed by atoms with Gasteiger partial charge in [-0.15, -0.1) is 0 Å². The zero-order valence-electron chi connectivity index (χ0n) is 29.0. The van der Waals surface area contributed by atoms with Gasteiger partial charge in [0.05, 0.1) is 0 Å². The molecule has 1 aliphatic heterocycles. The average molecular weight is 608 g/mol. The Bertz CT molecular complexity index is 1170. The summed E-state index contributed by atoms with van der Waals surface area (Å²) < 4.78 is 13.2. The van der Waals surface area contributed by atoms with Crippen molar-refractivity contribution in [3.05, 3.63) is 51.8 Å². The molecule has 0 unspecified atom stereocenters. The standard InChI is InChI=1S/C39H61NO2S/c1-10-11-20-33-21-22-35(40-26-33)38(43)41-36-30(6)31(7)37-34(32(36)8)23-25-39(9,42-37)24-14-19-29(5)18-13-17-28(4)16-12-15-27(2)3/h21-22,26-29H,10-20,23-25H2,1-9H3/t28-,29-,39-/m1/s1. The second kappa shape index (κ2) is 16.9. The highest BCUT2D eigenvalue weighted by Gasteiger charge is 2.34. The highest BCUT2D eigenvalue weighted by Crippen LogP contribution is 2.45. The number of benzene rings is 1. The Labute approximate surface area is 270 Å². The van der Waals surface area contributed by atoms with Crippen LogP contribution >= 0.6 is 12.2 Å². The highest BCUT2D eigenvalue weighted by molar-refractivity contribution is 7.80. The predicted molar refractivity (Wildman–Crippen MR) is 188 cm³/mol. The summed E-state index contributed by atoms with van der Waals surface area (Å²) in [6, 6.07) is 4.12. The molecule has 0 fully saturated rings. The van der Waals surface area contributed by atoms with Gasteiger partial charge >= 0.3 is 0 Å². The number of thiocarbonyl (C=S) groups is 1. The van der Waals surface area contributed by atoms with E-state index in [1.54, 1.807) is 0 Å². The Balaban J connectivity index is 1.53. The van der Waals surface area contributed by atoms with Gasteiger partial charge in [-0.25, -0.2) is 0 Å². The molecule has 0 spiro atoms. The summed E-state index contributed by atoms with van der Waals surface area (Å²) in [7, 11) is 0. The van der Waals surface area contributed by atoms with Crippen molar-refractivity contribution in [3.8, 4) is 11.5 Å². The summed E-state index contributed by atoms with van der Waals surface area (Å²) in [6.07, 6.45) is 19.3. The van der Waals surface area contributed by atoms with Gasteiger partial charge in [-0.2, -0.15) is 0 Å². The van der Waals surface area contributed by atoms with E-state index in [0.717, 1.165) is 71.8 Å². The van der Waals surface area contributed by atoms with Gasteiger partial charge in [-0.1, -0.05) is 92.1 Å². The van der Waals surface area contributed by atoms with Gasteiger partial charge in [0, 0.05) is 11.8 Å². The van der Waals surface area contributed by atoms with Crippen molar-refractivity contribution in [3.63, 3.8) is 0 Å². The van der Waals surface area contributed by atoms with Crippen LogP contribution in [0.3, 0.4) is 0 Å². The van der Waals surface area contributed by atoms with Gasteiger partial charge in [0.1, 0.15) is 22.8 Å².